The number of fused-ring (bicyclic) bond motifs is 1. The van der Waals surface area contributed by atoms with Gasteiger partial charge >= 0.3 is 0 Å². The Balaban J connectivity index is 2.05. The lowest BCUT2D eigenvalue weighted by atomic mass is 9.77. The van der Waals surface area contributed by atoms with Crippen LogP contribution in [0.1, 0.15) is 58.4 Å². The molecule has 146 valence electrons. The molecule has 3 heteroatoms. The van der Waals surface area contributed by atoms with Crippen LogP contribution in [0.3, 0.4) is 0 Å². The number of allylic oxidation sites excluding steroid dienone is 5. The van der Waals surface area contributed by atoms with E-state index in [2.05, 4.69) is 57.7 Å². The molecule has 0 saturated heterocycles. The molecule has 0 aromatic heterocycles. The number of rotatable bonds is 5. The van der Waals surface area contributed by atoms with Crippen molar-refractivity contribution in [1.82, 2.24) is 0 Å². The van der Waals surface area contributed by atoms with Gasteiger partial charge in [0.2, 0.25) is 0 Å². The van der Waals surface area contributed by atoms with Gasteiger partial charge in [0.25, 0.3) is 0 Å². The number of nitrogens with two attached hydrogens (primary N) is 1. The molecule has 0 fully saturated rings. The van der Waals surface area contributed by atoms with Crippen molar-refractivity contribution in [2.24, 2.45) is 5.73 Å². The first kappa shape index (κ1) is 20.7. The van der Waals surface area contributed by atoms with Crippen LogP contribution >= 0.6 is 11.8 Å². The second kappa shape index (κ2) is 8.55. The lowest BCUT2D eigenvalue weighted by molar-refractivity contribution is 0.617. The summed E-state index contributed by atoms with van der Waals surface area (Å²) in [6, 6.07) is 11.0. The third-order valence-corrected chi connectivity index (χ3v) is 7.91. The summed E-state index contributed by atoms with van der Waals surface area (Å²) in [5, 5.41) is 10.1. The van der Waals surface area contributed by atoms with Crippen LogP contribution in [0.15, 0.2) is 75.3 Å². The minimum Gasteiger partial charge on any atom is -0.323 e. The number of benzene rings is 1. The fourth-order valence-electron chi connectivity index (χ4n) is 4.63. The molecule has 2 N–H and O–H groups in total. The molecule has 2 aliphatic rings. The van der Waals surface area contributed by atoms with Gasteiger partial charge in [-0.05, 0) is 73.0 Å². The second-order valence-corrected chi connectivity index (χ2v) is 9.00. The van der Waals surface area contributed by atoms with Crippen molar-refractivity contribution in [3.05, 3.63) is 75.9 Å². The van der Waals surface area contributed by atoms with Crippen LogP contribution in [0.4, 0.5) is 0 Å². The summed E-state index contributed by atoms with van der Waals surface area (Å²) < 4.78 is 0. The van der Waals surface area contributed by atoms with E-state index in [0.717, 1.165) is 36.0 Å². The fourth-order valence-corrected chi connectivity index (χ4v) is 6.10. The molecule has 28 heavy (non-hydrogen) atoms. The van der Waals surface area contributed by atoms with Gasteiger partial charge in [0.05, 0.1) is 11.6 Å². The summed E-state index contributed by atoms with van der Waals surface area (Å²) >= 11 is 1.91. The van der Waals surface area contributed by atoms with Gasteiger partial charge in [-0.15, -0.1) is 11.8 Å². The van der Waals surface area contributed by atoms with Crippen molar-refractivity contribution in [1.29, 1.82) is 5.26 Å². The van der Waals surface area contributed by atoms with E-state index in [9.17, 15) is 5.26 Å². The van der Waals surface area contributed by atoms with Crippen LogP contribution in [-0.2, 0) is 0 Å². The molecule has 0 amide bonds. The maximum Gasteiger partial charge on any atom is 0.0997 e. The van der Waals surface area contributed by atoms with Gasteiger partial charge in [-0.25, -0.2) is 0 Å². The third-order valence-electron chi connectivity index (χ3n) is 6.31. The molecule has 1 aromatic rings. The molecule has 2 unspecified atom stereocenters. The fraction of sp³-hybridized carbons (Fsp3) is 0.400. The molecule has 2 nitrogen and oxygen atoms in total. The first-order valence-electron chi connectivity index (χ1n) is 10.1. The molecular formula is C25H30N2S. The van der Waals surface area contributed by atoms with Gasteiger partial charge in [0, 0.05) is 16.2 Å². The van der Waals surface area contributed by atoms with E-state index in [1.54, 1.807) is 6.08 Å². The lowest BCUT2D eigenvalue weighted by Gasteiger charge is -2.32. The summed E-state index contributed by atoms with van der Waals surface area (Å²) in [6.45, 7) is 12.5. The number of nitrogens with zero attached hydrogens (tertiary/aromatic N) is 1. The Hall–Kier alpha value is -2.02. The molecule has 0 bridgehead atoms. The van der Waals surface area contributed by atoms with Crippen LogP contribution in [0.25, 0.3) is 0 Å². The van der Waals surface area contributed by atoms with Crippen LogP contribution in [0, 0.1) is 11.3 Å². The summed E-state index contributed by atoms with van der Waals surface area (Å²) in [7, 11) is 0. The quantitative estimate of drug-likeness (QED) is 0.465. The first-order valence-corrected chi connectivity index (χ1v) is 11.0. The summed E-state index contributed by atoms with van der Waals surface area (Å²) in [6.07, 6.45) is 4.69. The van der Waals surface area contributed by atoms with Gasteiger partial charge in [-0.1, -0.05) is 50.3 Å². The molecule has 1 heterocycles. The zero-order chi connectivity index (χ0) is 20.4. The van der Waals surface area contributed by atoms with Crippen LogP contribution in [0.2, 0.25) is 0 Å². The Kier molecular flexibility index (Phi) is 6.33. The highest BCUT2D eigenvalue weighted by molar-refractivity contribution is 8.00. The molecule has 3 rings (SSSR count). The number of nitriles is 1. The Morgan fingerprint density at radius 1 is 1.39 bits per heavy atom. The normalized spacial score (nSPS) is 23.9. The largest absolute Gasteiger partial charge is 0.323 e. The predicted octanol–water partition coefficient (Wildman–Crippen LogP) is 6.43. The van der Waals surface area contributed by atoms with E-state index >= 15 is 0 Å². The van der Waals surface area contributed by atoms with E-state index in [4.69, 9.17) is 5.73 Å². The van der Waals surface area contributed by atoms with Crippen LogP contribution < -0.4 is 5.73 Å². The zero-order valence-corrected chi connectivity index (χ0v) is 18.2. The van der Waals surface area contributed by atoms with Crippen molar-refractivity contribution in [2.75, 3.05) is 0 Å². The zero-order valence-electron chi connectivity index (χ0n) is 17.4. The minimum atomic E-state index is -0.0402. The van der Waals surface area contributed by atoms with Gasteiger partial charge in [-0.3, -0.25) is 0 Å². The Morgan fingerprint density at radius 2 is 2.11 bits per heavy atom. The molecule has 0 radical (unpaired) electrons. The minimum absolute atomic E-state index is 0.0402. The summed E-state index contributed by atoms with van der Waals surface area (Å²) in [5.74, 6) is 0.417. The highest BCUT2D eigenvalue weighted by Gasteiger charge is 2.37. The van der Waals surface area contributed by atoms with E-state index in [1.165, 1.54) is 27.2 Å². The van der Waals surface area contributed by atoms with Crippen molar-refractivity contribution < 1.29 is 0 Å². The maximum atomic E-state index is 9.78. The van der Waals surface area contributed by atoms with Gasteiger partial charge in [0.1, 0.15) is 0 Å². The first-order chi connectivity index (χ1) is 13.4. The van der Waals surface area contributed by atoms with Crippen LogP contribution in [-0.4, -0.2) is 11.3 Å². The van der Waals surface area contributed by atoms with E-state index in [1.807, 2.05) is 18.7 Å². The van der Waals surface area contributed by atoms with E-state index < -0.39 is 0 Å². The van der Waals surface area contributed by atoms with Crippen LogP contribution in [0.5, 0.6) is 0 Å². The van der Waals surface area contributed by atoms with Crippen molar-refractivity contribution in [3.8, 4) is 6.07 Å². The lowest BCUT2D eigenvalue weighted by Crippen LogP contribution is -2.38. The maximum absolute atomic E-state index is 9.78. The van der Waals surface area contributed by atoms with Gasteiger partial charge in [0.15, 0.2) is 0 Å². The van der Waals surface area contributed by atoms with Crippen molar-refractivity contribution >= 4 is 11.8 Å². The number of thioether (sulfide) groups is 1. The average Bonchev–Trinajstić information content (AvgIpc) is 3.05. The topological polar surface area (TPSA) is 49.8 Å². The predicted molar refractivity (Wildman–Crippen MR) is 120 cm³/mol. The summed E-state index contributed by atoms with van der Waals surface area (Å²) in [4.78, 5) is 1.35. The molecule has 1 aromatic carbocycles. The van der Waals surface area contributed by atoms with Gasteiger partial charge < -0.3 is 5.73 Å². The molecule has 0 saturated carbocycles. The van der Waals surface area contributed by atoms with Gasteiger partial charge in [-0.2, -0.15) is 5.26 Å². The van der Waals surface area contributed by atoms with Crippen molar-refractivity contribution in [2.45, 2.75) is 69.1 Å². The Morgan fingerprint density at radius 3 is 2.71 bits per heavy atom. The second-order valence-electron chi connectivity index (χ2n) is 7.78. The number of hydrogen-bond donors (Lipinski definition) is 1. The molecule has 1 aliphatic carbocycles. The SMILES string of the molecule is C=C/C(C)=C(/C#N)C1=C(C)C(C(N)[C@@H]2Sc3ccccc3C2C)=C(CC)CC1. The highest BCUT2D eigenvalue weighted by atomic mass is 32.2. The van der Waals surface area contributed by atoms with E-state index in [-0.39, 0.29) is 6.04 Å². The molecular weight excluding hydrogens is 360 g/mol. The Bertz CT molecular complexity index is 926. The molecule has 3 atom stereocenters. The third kappa shape index (κ3) is 3.52. The average molecular weight is 391 g/mol. The van der Waals surface area contributed by atoms with E-state index in [0.29, 0.717) is 11.2 Å². The Labute approximate surface area is 173 Å². The highest BCUT2D eigenvalue weighted by Crippen LogP contribution is 2.49. The van der Waals surface area contributed by atoms with Crippen molar-refractivity contribution in [3.63, 3.8) is 0 Å². The molecule has 1 aliphatic heterocycles. The summed E-state index contributed by atoms with van der Waals surface area (Å²) in [5.41, 5.74) is 15.2. The number of hydrogen-bond acceptors (Lipinski definition) is 3. The standard InChI is InChI=1S/C25H30N2S/c1-6-15(3)21(14-26)19-13-12-18(7-2)23(16(19)4)24(27)25-17(5)20-10-8-9-11-22(20)28-25/h6,8-11,17,24-25H,1,7,12-13,27H2,2-5H3/b21-15-/t17?,24?,25-/m1/s1. The monoisotopic (exact) mass is 390 g/mol. The smallest absolute Gasteiger partial charge is 0.0997 e. The molecule has 0 spiro atoms.